The first kappa shape index (κ1) is 16.8. The largest absolute Gasteiger partial charge is 0.481 e. The molecule has 0 saturated heterocycles. The van der Waals surface area contributed by atoms with E-state index in [1.807, 2.05) is 13.8 Å². The van der Waals surface area contributed by atoms with E-state index >= 15 is 0 Å². The molecule has 2 amide bonds. The average Bonchev–Trinajstić information content (AvgIpc) is 3.22. The molecule has 1 rings (SSSR count). The summed E-state index contributed by atoms with van der Waals surface area (Å²) in [5.74, 6) is -0.816. The molecule has 0 unspecified atom stereocenters. The minimum atomic E-state index is -0.816. The van der Waals surface area contributed by atoms with Crippen molar-refractivity contribution >= 4 is 12.0 Å². The van der Waals surface area contributed by atoms with Gasteiger partial charge in [0.1, 0.15) is 0 Å². The molecule has 6 nitrogen and oxygen atoms in total. The number of carboxylic acid groups (broad SMARTS) is 1. The zero-order chi connectivity index (χ0) is 15.2. The second kappa shape index (κ2) is 7.47. The van der Waals surface area contributed by atoms with Crippen molar-refractivity contribution in [3.05, 3.63) is 0 Å². The molecule has 0 aromatic heterocycles. The van der Waals surface area contributed by atoms with E-state index in [-0.39, 0.29) is 18.6 Å². The fraction of sp³-hybridized carbons (Fsp3) is 0.857. The van der Waals surface area contributed by atoms with Crippen LogP contribution in [0.1, 0.15) is 39.5 Å². The fourth-order valence-corrected chi connectivity index (χ4v) is 2.33. The molecule has 116 valence electrons. The van der Waals surface area contributed by atoms with E-state index in [0.29, 0.717) is 26.0 Å². The van der Waals surface area contributed by atoms with Gasteiger partial charge in [-0.25, -0.2) is 4.79 Å². The van der Waals surface area contributed by atoms with Crippen molar-refractivity contribution in [2.24, 2.45) is 5.41 Å². The Hall–Kier alpha value is -1.30. The molecule has 0 heterocycles. The second-order valence-corrected chi connectivity index (χ2v) is 5.40. The third-order valence-corrected chi connectivity index (χ3v) is 4.07. The molecular weight excluding hydrogens is 260 g/mol. The van der Waals surface area contributed by atoms with Crippen molar-refractivity contribution in [1.82, 2.24) is 10.2 Å². The van der Waals surface area contributed by atoms with Crippen LogP contribution in [0.15, 0.2) is 0 Å². The van der Waals surface area contributed by atoms with E-state index in [2.05, 4.69) is 5.32 Å². The van der Waals surface area contributed by atoms with Crippen molar-refractivity contribution < 1.29 is 19.4 Å². The molecule has 0 aromatic rings. The lowest BCUT2D eigenvalue weighted by Crippen LogP contribution is -2.49. The predicted molar refractivity (Wildman–Crippen MR) is 75.7 cm³/mol. The molecule has 0 aliphatic heterocycles. The van der Waals surface area contributed by atoms with Gasteiger partial charge in [-0.2, -0.15) is 0 Å². The molecule has 0 spiro atoms. The number of rotatable bonds is 9. The van der Waals surface area contributed by atoms with Crippen molar-refractivity contribution in [3.63, 3.8) is 0 Å². The van der Waals surface area contributed by atoms with Crippen LogP contribution in [0.4, 0.5) is 4.79 Å². The number of hydrogen-bond acceptors (Lipinski definition) is 3. The molecule has 1 fully saturated rings. The SMILES string of the molecule is CCC(CC)N(CCOC)C(=O)NCC1(C(=O)O)CC1. The Bertz CT molecular complexity index is 338. The maximum atomic E-state index is 12.3. The van der Waals surface area contributed by atoms with Crippen LogP contribution < -0.4 is 5.32 Å². The smallest absolute Gasteiger partial charge is 0.317 e. The van der Waals surface area contributed by atoms with Gasteiger partial charge >= 0.3 is 12.0 Å². The number of nitrogens with zero attached hydrogens (tertiary/aromatic N) is 1. The van der Waals surface area contributed by atoms with Crippen molar-refractivity contribution in [1.29, 1.82) is 0 Å². The summed E-state index contributed by atoms with van der Waals surface area (Å²) in [5, 5.41) is 11.9. The summed E-state index contributed by atoms with van der Waals surface area (Å²) in [7, 11) is 1.60. The molecule has 20 heavy (non-hydrogen) atoms. The number of aliphatic carboxylic acids is 1. The van der Waals surface area contributed by atoms with Gasteiger partial charge in [-0.3, -0.25) is 4.79 Å². The molecule has 1 saturated carbocycles. The van der Waals surface area contributed by atoms with Crippen LogP contribution in [0, 0.1) is 5.41 Å². The zero-order valence-electron chi connectivity index (χ0n) is 12.6. The topological polar surface area (TPSA) is 78.9 Å². The van der Waals surface area contributed by atoms with Gasteiger partial charge in [-0.15, -0.1) is 0 Å². The number of carboxylic acids is 1. The molecule has 0 bridgehead atoms. The molecule has 0 atom stereocenters. The summed E-state index contributed by atoms with van der Waals surface area (Å²) in [6.07, 6.45) is 3.03. The summed E-state index contributed by atoms with van der Waals surface area (Å²) in [4.78, 5) is 25.1. The first-order valence-corrected chi connectivity index (χ1v) is 7.27. The molecule has 6 heteroatoms. The second-order valence-electron chi connectivity index (χ2n) is 5.40. The zero-order valence-corrected chi connectivity index (χ0v) is 12.6. The van der Waals surface area contributed by atoms with E-state index in [9.17, 15) is 9.59 Å². The minimum absolute atomic E-state index is 0.158. The normalized spacial score (nSPS) is 16.0. The summed E-state index contributed by atoms with van der Waals surface area (Å²) in [6.45, 7) is 5.30. The molecular formula is C14H26N2O4. The highest BCUT2D eigenvalue weighted by Gasteiger charge is 2.50. The van der Waals surface area contributed by atoms with E-state index < -0.39 is 11.4 Å². The van der Waals surface area contributed by atoms with Crippen LogP contribution in [0.25, 0.3) is 0 Å². The van der Waals surface area contributed by atoms with Crippen LogP contribution in [0.5, 0.6) is 0 Å². The Kier molecular flexibility index (Phi) is 6.26. The molecule has 0 radical (unpaired) electrons. The quantitative estimate of drug-likeness (QED) is 0.676. The average molecular weight is 286 g/mol. The molecule has 1 aliphatic rings. The highest BCUT2D eigenvalue weighted by Crippen LogP contribution is 2.45. The van der Waals surface area contributed by atoms with Gasteiger partial charge < -0.3 is 20.1 Å². The maximum Gasteiger partial charge on any atom is 0.317 e. The Balaban J connectivity index is 2.56. The summed E-state index contributed by atoms with van der Waals surface area (Å²) < 4.78 is 5.04. The van der Waals surface area contributed by atoms with Gasteiger partial charge in [0.25, 0.3) is 0 Å². The number of carbonyl (C=O) groups excluding carboxylic acids is 1. The third-order valence-electron chi connectivity index (χ3n) is 4.07. The van der Waals surface area contributed by atoms with Crippen LogP contribution in [0.3, 0.4) is 0 Å². The maximum absolute atomic E-state index is 12.3. The highest BCUT2D eigenvalue weighted by atomic mass is 16.5. The number of nitrogens with one attached hydrogen (secondary N) is 1. The number of methoxy groups -OCH3 is 1. The lowest BCUT2D eigenvalue weighted by atomic mass is 10.1. The molecule has 2 N–H and O–H groups in total. The van der Waals surface area contributed by atoms with Crippen LogP contribution in [-0.2, 0) is 9.53 Å². The van der Waals surface area contributed by atoms with Gasteiger partial charge in [-0.05, 0) is 25.7 Å². The van der Waals surface area contributed by atoms with Gasteiger partial charge in [0.15, 0.2) is 0 Å². The van der Waals surface area contributed by atoms with E-state index in [0.717, 1.165) is 12.8 Å². The number of urea groups is 1. The number of carbonyl (C=O) groups is 2. The minimum Gasteiger partial charge on any atom is -0.481 e. The van der Waals surface area contributed by atoms with Gasteiger partial charge in [0.2, 0.25) is 0 Å². The first-order chi connectivity index (χ1) is 9.50. The monoisotopic (exact) mass is 286 g/mol. The van der Waals surface area contributed by atoms with Gasteiger partial charge in [0, 0.05) is 26.2 Å². The Labute approximate surface area is 120 Å². The Morgan fingerprint density at radius 3 is 2.35 bits per heavy atom. The van der Waals surface area contributed by atoms with Crippen LogP contribution in [-0.4, -0.2) is 54.9 Å². The third kappa shape index (κ3) is 4.10. The van der Waals surface area contributed by atoms with E-state index in [4.69, 9.17) is 9.84 Å². The highest BCUT2D eigenvalue weighted by molar-refractivity contribution is 5.80. The molecule has 1 aliphatic carbocycles. The van der Waals surface area contributed by atoms with E-state index in [1.54, 1.807) is 12.0 Å². The summed E-state index contributed by atoms with van der Waals surface area (Å²) in [6, 6.07) is -0.0339. The van der Waals surface area contributed by atoms with Crippen molar-refractivity contribution in [2.45, 2.75) is 45.6 Å². The van der Waals surface area contributed by atoms with Crippen LogP contribution in [0.2, 0.25) is 0 Å². The van der Waals surface area contributed by atoms with Gasteiger partial charge in [0.05, 0.1) is 12.0 Å². The predicted octanol–water partition coefficient (Wildman–Crippen LogP) is 1.70. The summed E-state index contributed by atoms with van der Waals surface area (Å²) >= 11 is 0. The summed E-state index contributed by atoms with van der Waals surface area (Å²) in [5.41, 5.74) is -0.726. The number of amides is 2. The first-order valence-electron chi connectivity index (χ1n) is 7.27. The van der Waals surface area contributed by atoms with Gasteiger partial charge in [-0.1, -0.05) is 13.8 Å². The van der Waals surface area contributed by atoms with Crippen molar-refractivity contribution in [2.75, 3.05) is 26.8 Å². The number of ether oxygens (including phenoxy) is 1. The lowest BCUT2D eigenvalue weighted by Gasteiger charge is -2.31. The molecule has 0 aromatic carbocycles. The Morgan fingerprint density at radius 2 is 1.95 bits per heavy atom. The van der Waals surface area contributed by atoms with E-state index in [1.165, 1.54) is 0 Å². The fourth-order valence-electron chi connectivity index (χ4n) is 2.33. The Morgan fingerprint density at radius 1 is 1.35 bits per heavy atom. The van der Waals surface area contributed by atoms with Crippen LogP contribution >= 0.6 is 0 Å². The number of hydrogen-bond donors (Lipinski definition) is 2. The lowest BCUT2D eigenvalue weighted by molar-refractivity contribution is -0.143. The van der Waals surface area contributed by atoms with Crippen molar-refractivity contribution in [3.8, 4) is 0 Å². The standard InChI is InChI=1S/C14H26N2O4/c1-4-11(5-2)16(8-9-20-3)13(19)15-10-14(6-7-14)12(17)18/h11H,4-10H2,1-3H3,(H,15,19)(H,17,18).